The minimum absolute atomic E-state index is 0.167. The first-order chi connectivity index (χ1) is 16.7. The Morgan fingerprint density at radius 1 is 0.857 bits per heavy atom. The van der Waals surface area contributed by atoms with E-state index < -0.39 is 15.9 Å². The highest BCUT2D eigenvalue weighted by Gasteiger charge is 2.30. The summed E-state index contributed by atoms with van der Waals surface area (Å²) in [4.78, 5) is 18.2. The fraction of sp³-hybridized carbons (Fsp3) is 0.259. The van der Waals surface area contributed by atoms with Crippen LogP contribution >= 0.6 is 11.3 Å². The van der Waals surface area contributed by atoms with E-state index in [1.54, 1.807) is 18.2 Å². The second-order valence-electron chi connectivity index (χ2n) is 8.91. The molecule has 1 amide bonds. The maximum Gasteiger partial charge on any atom is 0.243 e. The summed E-state index contributed by atoms with van der Waals surface area (Å²) in [6, 6.07) is 23.8. The quantitative estimate of drug-likeness (QED) is 0.323. The molecule has 0 saturated heterocycles. The third-order valence-electron chi connectivity index (χ3n) is 5.71. The number of fused-ring (bicyclic) bond motifs is 1. The highest BCUT2D eigenvalue weighted by atomic mass is 32.2. The van der Waals surface area contributed by atoms with E-state index in [0.717, 1.165) is 11.1 Å². The minimum Gasteiger partial charge on any atom is -0.301 e. The van der Waals surface area contributed by atoms with Gasteiger partial charge in [-0.2, -0.15) is 4.31 Å². The highest BCUT2D eigenvalue weighted by Crippen LogP contribution is 2.32. The summed E-state index contributed by atoms with van der Waals surface area (Å²) in [6.07, 6.45) is 0. The van der Waals surface area contributed by atoms with Gasteiger partial charge >= 0.3 is 0 Å². The number of carbonyl (C=O) groups excluding carboxylic acids is 1. The number of thiazole rings is 1. The SMILES string of the molecule is CC(C)N(C(C)C)S(=O)(=O)c1ccc2nc(NC(=O)C(c3ccccc3)c3ccccc3)sc2c1. The Labute approximate surface area is 210 Å². The predicted octanol–water partition coefficient (Wildman–Crippen LogP) is 5.87. The van der Waals surface area contributed by atoms with Crippen LogP contribution in [-0.4, -0.2) is 35.7 Å². The predicted molar refractivity (Wildman–Crippen MR) is 142 cm³/mol. The van der Waals surface area contributed by atoms with Crippen molar-refractivity contribution in [2.75, 3.05) is 5.32 Å². The van der Waals surface area contributed by atoms with E-state index in [9.17, 15) is 13.2 Å². The Hall–Kier alpha value is -3.07. The molecular weight excluding hydrogens is 478 g/mol. The summed E-state index contributed by atoms with van der Waals surface area (Å²) in [7, 11) is -3.67. The van der Waals surface area contributed by atoms with Crippen LogP contribution < -0.4 is 5.32 Å². The number of aromatic nitrogens is 1. The molecule has 182 valence electrons. The molecule has 1 heterocycles. The number of hydrogen-bond donors (Lipinski definition) is 1. The van der Waals surface area contributed by atoms with Crippen molar-refractivity contribution in [1.82, 2.24) is 9.29 Å². The van der Waals surface area contributed by atoms with Gasteiger partial charge in [-0.25, -0.2) is 13.4 Å². The number of nitrogens with zero attached hydrogens (tertiary/aromatic N) is 2. The molecule has 0 aliphatic carbocycles. The van der Waals surface area contributed by atoms with E-state index in [-0.39, 0.29) is 22.9 Å². The lowest BCUT2D eigenvalue weighted by atomic mass is 9.90. The number of amides is 1. The lowest BCUT2D eigenvalue weighted by Crippen LogP contribution is -2.41. The Morgan fingerprint density at radius 3 is 1.91 bits per heavy atom. The summed E-state index contributed by atoms with van der Waals surface area (Å²) in [5, 5.41) is 3.39. The first-order valence-electron chi connectivity index (χ1n) is 11.5. The monoisotopic (exact) mass is 507 g/mol. The van der Waals surface area contributed by atoms with Gasteiger partial charge in [-0.1, -0.05) is 72.0 Å². The number of sulfonamides is 1. The Balaban J connectivity index is 1.65. The molecule has 0 atom stereocenters. The summed E-state index contributed by atoms with van der Waals surface area (Å²) in [5.74, 6) is -0.689. The van der Waals surface area contributed by atoms with Crippen LogP contribution in [-0.2, 0) is 14.8 Å². The Morgan fingerprint density at radius 2 is 1.40 bits per heavy atom. The third-order valence-corrected chi connectivity index (χ3v) is 8.89. The van der Waals surface area contributed by atoms with Crippen molar-refractivity contribution in [2.24, 2.45) is 0 Å². The zero-order chi connectivity index (χ0) is 25.2. The van der Waals surface area contributed by atoms with Gasteiger partial charge in [-0.05, 0) is 57.0 Å². The van der Waals surface area contributed by atoms with Gasteiger partial charge in [-0.15, -0.1) is 0 Å². The summed E-state index contributed by atoms with van der Waals surface area (Å²) >= 11 is 1.27. The molecule has 0 bridgehead atoms. The lowest BCUT2D eigenvalue weighted by Gasteiger charge is -2.29. The molecule has 0 aliphatic rings. The topological polar surface area (TPSA) is 79.4 Å². The number of carbonyl (C=O) groups is 1. The number of benzene rings is 3. The van der Waals surface area contributed by atoms with Crippen LogP contribution in [0.25, 0.3) is 10.2 Å². The molecule has 0 saturated carbocycles. The normalized spacial score (nSPS) is 12.2. The number of nitrogens with one attached hydrogen (secondary N) is 1. The number of anilines is 1. The molecule has 0 aliphatic heterocycles. The summed E-state index contributed by atoms with van der Waals surface area (Å²) in [6.45, 7) is 7.47. The van der Waals surface area contributed by atoms with Crippen LogP contribution in [0.4, 0.5) is 5.13 Å². The standard InChI is InChI=1S/C27H29N3O3S2/c1-18(2)30(19(3)4)35(32,33)22-15-16-23-24(17-22)34-27(28-23)29-26(31)25(20-11-7-5-8-12-20)21-13-9-6-10-14-21/h5-19,25H,1-4H3,(H,28,29,31). The van der Waals surface area contributed by atoms with Crippen LogP contribution in [0.15, 0.2) is 83.8 Å². The molecule has 0 spiro atoms. The molecule has 35 heavy (non-hydrogen) atoms. The van der Waals surface area contributed by atoms with Crippen molar-refractivity contribution in [3.8, 4) is 0 Å². The van der Waals surface area contributed by atoms with Gasteiger partial charge in [0.15, 0.2) is 5.13 Å². The van der Waals surface area contributed by atoms with Crippen molar-refractivity contribution in [3.63, 3.8) is 0 Å². The fourth-order valence-electron chi connectivity index (χ4n) is 4.36. The van der Waals surface area contributed by atoms with E-state index >= 15 is 0 Å². The lowest BCUT2D eigenvalue weighted by molar-refractivity contribution is -0.116. The van der Waals surface area contributed by atoms with Gasteiger partial charge < -0.3 is 5.32 Å². The molecule has 6 nitrogen and oxygen atoms in total. The van der Waals surface area contributed by atoms with Crippen LogP contribution in [0.3, 0.4) is 0 Å². The number of rotatable bonds is 8. The third kappa shape index (κ3) is 5.29. The van der Waals surface area contributed by atoms with Crippen molar-refractivity contribution >= 4 is 42.6 Å². The highest BCUT2D eigenvalue weighted by molar-refractivity contribution is 7.89. The zero-order valence-electron chi connectivity index (χ0n) is 20.2. The minimum atomic E-state index is -3.67. The van der Waals surface area contributed by atoms with Crippen LogP contribution in [0.2, 0.25) is 0 Å². The molecule has 4 rings (SSSR count). The second-order valence-corrected chi connectivity index (χ2v) is 11.8. The van der Waals surface area contributed by atoms with Crippen LogP contribution in [0, 0.1) is 0 Å². The summed E-state index contributed by atoms with van der Waals surface area (Å²) in [5.41, 5.74) is 2.40. The Bertz CT molecular complexity index is 1370. The van der Waals surface area contributed by atoms with E-state index in [1.165, 1.54) is 15.6 Å². The molecular formula is C27H29N3O3S2. The molecule has 0 fully saturated rings. The van der Waals surface area contributed by atoms with Crippen molar-refractivity contribution in [1.29, 1.82) is 0 Å². The molecule has 1 aromatic heterocycles. The fourth-order valence-corrected chi connectivity index (χ4v) is 7.20. The zero-order valence-corrected chi connectivity index (χ0v) is 21.8. The molecule has 8 heteroatoms. The Kier molecular flexibility index (Phi) is 7.35. The molecule has 1 N–H and O–H groups in total. The van der Waals surface area contributed by atoms with Gasteiger partial charge in [0.1, 0.15) is 0 Å². The largest absolute Gasteiger partial charge is 0.301 e. The van der Waals surface area contributed by atoms with Gasteiger partial charge in [0.05, 0.1) is 21.0 Å². The molecule has 0 unspecified atom stereocenters. The van der Waals surface area contributed by atoms with Gasteiger partial charge in [-0.3, -0.25) is 4.79 Å². The maximum absolute atomic E-state index is 13.4. The van der Waals surface area contributed by atoms with Crippen molar-refractivity contribution in [3.05, 3.63) is 90.0 Å². The van der Waals surface area contributed by atoms with Gasteiger partial charge in [0.25, 0.3) is 0 Å². The maximum atomic E-state index is 13.4. The summed E-state index contributed by atoms with van der Waals surface area (Å²) < 4.78 is 28.8. The molecule has 3 aromatic carbocycles. The van der Waals surface area contributed by atoms with Gasteiger partial charge in [0.2, 0.25) is 15.9 Å². The van der Waals surface area contributed by atoms with Crippen molar-refractivity contribution < 1.29 is 13.2 Å². The van der Waals surface area contributed by atoms with E-state index in [2.05, 4.69) is 10.3 Å². The van der Waals surface area contributed by atoms with E-state index in [0.29, 0.717) is 15.3 Å². The smallest absolute Gasteiger partial charge is 0.243 e. The average molecular weight is 508 g/mol. The van der Waals surface area contributed by atoms with E-state index in [1.807, 2.05) is 88.4 Å². The first kappa shape index (κ1) is 25.0. The van der Waals surface area contributed by atoms with Crippen molar-refractivity contribution in [2.45, 2.75) is 50.6 Å². The second kappa shape index (κ2) is 10.3. The first-order valence-corrected chi connectivity index (χ1v) is 13.8. The molecule has 4 aromatic rings. The van der Waals surface area contributed by atoms with Crippen LogP contribution in [0.5, 0.6) is 0 Å². The van der Waals surface area contributed by atoms with E-state index in [4.69, 9.17) is 0 Å². The average Bonchev–Trinajstić information content (AvgIpc) is 3.21. The van der Waals surface area contributed by atoms with Crippen LogP contribution in [0.1, 0.15) is 44.7 Å². The van der Waals surface area contributed by atoms with Gasteiger partial charge in [0, 0.05) is 12.1 Å². The number of hydrogen-bond acceptors (Lipinski definition) is 5. The molecule has 0 radical (unpaired) electrons.